The summed E-state index contributed by atoms with van der Waals surface area (Å²) < 4.78 is 5.89. The van der Waals surface area contributed by atoms with Crippen LogP contribution in [0, 0.1) is 0 Å². The Labute approximate surface area is 199 Å². The Morgan fingerprint density at radius 1 is 1.24 bits per heavy atom. The van der Waals surface area contributed by atoms with Crippen LogP contribution >= 0.6 is 11.3 Å². The molecule has 0 spiro atoms. The second-order valence-electron chi connectivity index (χ2n) is 7.63. The second kappa shape index (κ2) is 11.6. The number of likely N-dealkylation sites (tertiary alicyclic amines) is 1. The Bertz CT molecular complexity index is 1050. The summed E-state index contributed by atoms with van der Waals surface area (Å²) in [6, 6.07) is 7.52. The molecule has 1 aromatic heterocycles. The van der Waals surface area contributed by atoms with Crippen molar-refractivity contribution in [2.75, 3.05) is 13.1 Å². The van der Waals surface area contributed by atoms with Gasteiger partial charge in [-0.2, -0.15) is 0 Å². The smallest absolute Gasteiger partial charge is 0.261 e. The van der Waals surface area contributed by atoms with Crippen molar-refractivity contribution in [2.45, 2.75) is 45.4 Å². The van der Waals surface area contributed by atoms with Gasteiger partial charge in [0.05, 0.1) is 10.7 Å². The third-order valence-electron chi connectivity index (χ3n) is 5.45. The highest BCUT2D eigenvalue weighted by atomic mass is 32.1. The molecule has 0 radical (unpaired) electrons. The number of aromatic nitrogens is 1. The molecule has 2 aromatic rings. The molecule has 2 heterocycles. The first-order valence-corrected chi connectivity index (χ1v) is 12.2. The summed E-state index contributed by atoms with van der Waals surface area (Å²) >= 11 is 1.32. The molecule has 2 N–H and O–H groups in total. The van der Waals surface area contributed by atoms with E-state index >= 15 is 0 Å². The van der Waals surface area contributed by atoms with Gasteiger partial charge in [0, 0.05) is 24.6 Å². The van der Waals surface area contributed by atoms with Gasteiger partial charge in [-0.15, -0.1) is 11.3 Å². The van der Waals surface area contributed by atoms with Gasteiger partial charge in [0.1, 0.15) is 16.4 Å². The number of nitrogens with zero attached hydrogens (tertiary/aromatic N) is 2. The number of allylic oxidation sites excluding steroid dienone is 3. The van der Waals surface area contributed by atoms with E-state index in [1.54, 1.807) is 4.90 Å². The van der Waals surface area contributed by atoms with E-state index in [9.17, 15) is 9.59 Å². The van der Waals surface area contributed by atoms with E-state index in [4.69, 9.17) is 15.5 Å². The molecule has 1 aliphatic heterocycles. The molecule has 0 saturated carbocycles. The van der Waals surface area contributed by atoms with E-state index in [1.165, 1.54) is 17.4 Å². The minimum Gasteiger partial charge on any atom is -0.458 e. The Hall–Kier alpha value is -3.19. The molecule has 174 valence electrons. The molecule has 0 bridgehead atoms. The van der Waals surface area contributed by atoms with Crippen LogP contribution in [-0.2, 0) is 4.79 Å². The normalized spacial score (nSPS) is 17.5. The zero-order chi connectivity index (χ0) is 23.8. The number of ether oxygens (including phenoxy) is 1. The van der Waals surface area contributed by atoms with Crippen molar-refractivity contribution in [1.82, 2.24) is 9.88 Å². The average Bonchev–Trinajstić information content (AvgIpc) is 3.32. The molecule has 1 saturated heterocycles. The van der Waals surface area contributed by atoms with Crippen LogP contribution in [0.15, 0.2) is 60.9 Å². The maximum Gasteiger partial charge on any atom is 0.261 e. The van der Waals surface area contributed by atoms with Gasteiger partial charge in [-0.1, -0.05) is 26.5 Å². The third kappa shape index (κ3) is 5.99. The lowest BCUT2D eigenvalue weighted by atomic mass is 9.98. The van der Waals surface area contributed by atoms with E-state index in [0.29, 0.717) is 17.1 Å². The molecule has 1 unspecified atom stereocenters. The molecule has 2 aliphatic rings. The van der Waals surface area contributed by atoms with Crippen LogP contribution in [0.4, 0.5) is 0 Å². The number of primary amides is 1. The minimum absolute atomic E-state index is 0.0740. The van der Waals surface area contributed by atoms with Gasteiger partial charge in [0.25, 0.3) is 5.91 Å². The number of hydrogen-bond acceptors (Lipinski definition) is 5. The number of benzene rings is 1. The van der Waals surface area contributed by atoms with Crippen LogP contribution in [0.25, 0.3) is 11.3 Å². The summed E-state index contributed by atoms with van der Waals surface area (Å²) in [5.74, 6) is 1.08. The van der Waals surface area contributed by atoms with Crippen LogP contribution in [0.5, 0.6) is 5.75 Å². The molecular weight excluding hydrogens is 434 g/mol. The lowest BCUT2D eigenvalue weighted by Crippen LogP contribution is -2.38. The first-order valence-electron chi connectivity index (χ1n) is 11.4. The zero-order valence-corrected chi connectivity index (χ0v) is 20.1. The van der Waals surface area contributed by atoms with Gasteiger partial charge < -0.3 is 15.4 Å². The second-order valence-corrected chi connectivity index (χ2v) is 8.66. The van der Waals surface area contributed by atoms with Crippen LogP contribution in [0.2, 0.25) is 0 Å². The largest absolute Gasteiger partial charge is 0.458 e. The lowest BCUT2D eigenvalue weighted by Gasteiger charge is -2.31. The fourth-order valence-corrected chi connectivity index (χ4v) is 4.93. The fourth-order valence-electron chi connectivity index (χ4n) is 3.86. The third-order valence-corrected chi connectivity index (χ3v) is 6.68. The monoisotopic (exact) mass is 465 g/mol. The Balaban J connectivity index is 0.00000149. The van der Waals surface area contributed by atoms with Gasteiger partial charge in [-0.25, -0.2) is 4.98 Å². The van der Waals surface area contributed by atoms with E-state index in [-0.39, 0.29) is 11.8 Å². The highest BCUT2D eigenvalue weighted by molar-refractivity contribution is 7.14. The molecule has 2 amide bonds. The fraction of sp³-hybridized carbons (Fsp3) is 0.346. The molecule has 1 fully saturated rings. The van der Waals surface area contributed by atoms with E-state index in [0.717, 1.165) is 54.3 Å². The Kier molecular flexibility index (Phi) is 8.60. The van der Waals surface area contributed by atoms with Crippen molar-refractivity contribution in [2.24, 2.45) is 5.73 Å². The first kappa shape index (κ1) is 24.5. The van der Waals surface area contributed by atoms with Crippen molar-refractivity contribution in [3.8, 4) is 17.0 Å². The van der Waals surface area contributed by atoms with Crippen LogP contribution in [-0.4, -0.2) is 34.8 Å². The molecule has 4 rings (SSSR count). The number of thiazole rings is 1. The summed E-state index contributed by atoms with van der Waals surface area (Å²) in [5.41, 5.74) is 7.06. The number of piperidine rings is 1. The van der Waals surface area contributed by atoms with E-state index in [1.807, 2.05) is 44.2 Å². The number of rotatable bonds is 6. The lowest BCUT2D eigenvalue weighted by molar-refractivity contribution is -0.127. The summed E-state index contributed by atoms with van der Waals surface area (Å²) in [5, 5.41) is 0.836. The molecular formula is C26H31N3O3S. The SMILES string of the molecule is C=CC(=O)N1CCCC(c2nc(-c3ccc(OC4=CCCC=C4)cc3)c(C(N)=O)s2)C1.CC. The molecule has 6 nitrogen and oxygen atoms in total. The highest BCUT2D eigenvalue weighted by Gasteiger charge is 2.28. The molecule has 33 heavy (non-hydrogen) atoms. The van der Waals surface area contributed by atoms with Gasteiger partial charge >= 0.3 is 0 Å². The summed E-state index contributed by atoms with van der Waals surface area (Å²) in [4.78, 5) is 31.1. The van der Waals surface area contributed by atoms with Crippen LogP contribution in [0.3, 0.4) is 0 Å². The Morgan fingerprint density at radius 2 is 2.00 bits per heavy atom. The van der Waals surface area contributed by atoms with Gasteiger partial charge in [-0.3, -0.25) is 9.59 Å². The van der Waals surface area contributed by atoms with Crippen molar-refractivity contribution in [1.29, 1.82) is 0 Å². The van der Waals surface area contributed by atoms with Crippen molar-refractivity contribution < 1.29 is 14.3 Å². The predicted octanol–water partition coefficient (Wildman–Crippen LogP) is 5.44. The highest BCUT2D eigenvalue weighted by Crippen LogP contribution is 2.36. The van der Waals surface area contributed by atoms with Crippen molar-refractivity contribution >= 4 is 23.2 Å². The van der Waals surface area contributed by atoms with Crippen LogP contribution in [0.1, 0.15) is 60.1 Å². The topological polar surface area (TPSA) is 85.5 Å². The summed E-state index contributed by atoms with van der Waals surface area (Å²) in [7, 11) is 0. The van der Waals surface area contributed by atoms with Gasteiger partial charge in [-0.05, 0) is 68.2 Å². The Morgan fingerprint density at radius 3 is 2.64 bits per heavy atom. The first-order chi connectivity index (χ1) is 16.0. The maximum atomic E-state index is 12.1. The van der Waals surface area contributed by atoms with Crippen molar-refractivity contribution in [3.63, 3.8) is 0 Å². The van der Waals surface area contributed by atoms with Crippen molar-refractivity contribution in [3.05, 3.63) is 70.8 Å². The van der Waals surface area contributed by atoms with Crippen LogP contribution < -0.4 is 10.5 Å². The standard InChI is InChI=1S/C24H25N3O3S.C2H6/c1-2-20(28)27-14-6-7-17(15-27)24-26-21(22(31-24)23(25)29)16-10-12-19(13-11-16)30-18-8-4-3-5-9-18;1-2/h2,4,8-13,17H,1,3,5-7,14-15H2,(H2,25,29);1-2H3. The van der Waals surface area contributed by atoms with Gasteiger partial charge in [0.15, 0.2) is 0 Å². The zero-order valence-electron chi connectivity index (χ0n) is 19.3. The van der Waals surface area contributed by atoms with Gasteiger partial charge in [0.2, 0.25) is 5.91 Å². The van der Waals surface area contributed by atoms with E-state index < -0.39 is 5.91 Å². The summed E-state index contributed by atoms with van der Waals surface area (Å²) in [6.07, 6.45) is 11.3. The number of carbonyl (C=O) groups excluding carboxylic acids is 2. The molecule has 1 atom stereocenters. The minimum atomic E-state index is -0.494. The van der Waals surface area contributed by atoms with E-state index in [2.05, 4.69) is 18.7 Å². The summed E-state index contributed by atoms with van der Waals surface area (Å²) in [6.45, 7) is 8.87. The maximum absolute atomic E-state index is 12.1. The molecule has 1 aliphatic carbocycles. The number of amides is 2. The molecule has 1 aromatic carbocycles. The quantitative estimate of drug-likeness (QED) is 0.576. The number of hydrogen-bond donors (Lipinski definition) is 1. The number of nitrogens with two attached hydrogens (primary N) is 1. The average molecular weight is 466 g/mol. The number of carbonyl (C=O) groups is 2. The predicted molar refractivity (Wildman–Crippen MR) is 133 cm³/mol. The molecule has 7 heteroatoms.